The summed E-state index contributed by atoms with van der Waals surface area (Å²) < 4.78 is 5.95. The molecule has 0 saturated carbocycles. The fraction of sp³-hybridized carbons (Fsp3) is 0.524. The fourth-order valence-corrected chi connectivity index (χ4v) is 5.25. The van der Waals surface area contributed by atoms with Gasteiger partial charge in [0.2, 0.25) is 5.91 Å². The predicted molar refractivity (Wildman–Crippen MR) is 107 cm³/mol. The predicted octanol–water partition coefficient (Wildman–Crippen LogP) is 3.01. The summed E-state index contributed by atoms with van der Waals surface area (Å²) in [5.41, 5.74) is 2.21. The van der Waals surface area contributed by atoms with Crippen LogP contribution in [0, 0.1) is 19.3 Å². The average molecular weight is 386 g/mol. The van der Waals surface area contributed by atoms with Gasteiger partial charge in [0, 0.05) is 49.4 Å². The van der Waals surface area contributed by atoms with E-state index in [1.807, 2.05) is 23.1 Å². The average Bonchev–Trinajstić information content (AvgIpc) is 3.02. The van der Waals surface area contributed by atoms with Crippen molar-refractivity contribution in [2.24, 2.45) is 5.41 Å². The summed E-state index contributed by atoms with van der Waals surface area (Å²) in [6.07, 6.45) is 0.580. The van der Waals surface area contributed by atoms with E-state index in [9.17, 15) is 4.79 Å². The molecule has 2 aliphatic heterocycles. The maximum absolute atomic E-state index is 12.7. The standard InChI is InChI=1S/C21H27N3O2S/c1-16-19(27-17(2)22-16)12-23-8-9-26-15-21(13-23)10-20(25)24(14-21)11-18-6-4-3-5-7-18/h3-7H,8-15H2,1-2H3/t21-/m1/s1. The van der Waals surface area contributed by atoms with E-state index in [1.54, 1.807) is 11.3 Å². The molecule has 5 nitrogen and oxygen atoms in total. The molecule has 0 aliphatic carbocycles. The molecule has 0 N–H and O–H groups in total. The molecule has 0 unspecified atom stereocenters. The third-order valence-electron chi connectivity index (χ3n) is 5.51. The zero-order chi connectivity index (χ0) is 18.9. The van der Waals surface area contributed by atoms with Crippen molar-refractivity contribution in [3.05, 3.63) is 51.5 Å². The number of amides is 1. The van der Waals surface area contributed by atoms with E-state index in [4.69, 9.17) is 4.74 Å². The summed E-state index contributed by atoms with van der Waals surface area (Å²) in [5.74, 6) is 0.245. The Hall–Kier alpha value is -1.76. The maximum Gasteiger partial charge on any atom is 0.223 e. The topological polar surface area (TPSA) is 45.7 Å². The van der Waals surface area contributed by atoms with Crippen molar-refractivity contribution in [1.29, 1.82) is 0 Å². The van der Waals surface area contributed by atoms with Gasteiger partial charge in [-0.15, -0.1) is 11.3 Å². The Morgan fingerprint density at radius 2 is 2.00 bits per heavy atom. The van der Waals surface area contributed by atoms with Crippen LogP contribution in [0.3, 0.4) is 0 Å². The number of nitrogens with zero attached hydrogens (tertiary/aromatic N) is 3. The van der Waals surface area contributed by atoms with Gasteiger partial charge in [-0.05, 0) is 19.4 Å². The van der Waals surface area contributed by atoms with E-state index >= 15 is 0 Å². The molecular weight excluding hydrogens is 358 g/mol. The molecule has 144 valence electrons. The first-order valence-electron chi connectivity index (χ1n) is 9.58. The lowest BCUT2D eigenvalue weighted by Crippen LogP contribution is -2.40. The molecule has 1 aromatic carbocycles. The van der Waals surface area contributed by atoms with Gasteiger partial charge in [-0.25, -0.2) is 4.98 Å². The van der Waals surface area contributed by atoms with Crippen LogP contribution in [0.4, 0.5) is 0 Å². The molecule has 2 fully saturated rings. The van der Waals surface area contributed by atoms with Gasteiger partial charge < -0.3 is 9.64 Å². The van der Waals surface area contributed by atoms with Gasteiger partial charge in [-0.1, -0.05) is 30.3 Å². The van der Waals surface area contributed by atoms with E-state index in [-0.39, 0.29) is 11.3 Å². The summed E-state index contributed by atoms with van der Waals surface area (Å²) in [5, 5.41) is 1.12. The smallest absolute Gasteiger partial charge is 0.223 e. The van der Waals surface area contributed by atoms with Crippen LogP contribution in [-0.2, 0) is 22.6 Å². The first-order chi connectivity index (χ1) is 13.0. The Balaban J connectivity index is 1.46. The Kier molecular flexibility index (Phi) is 5.30. The SMILES string of the molecule is Cc1nc(C)c(CN2CCOC[C@]3(CC(=O)N(Cc4ccccc4)C3)C2)s1. The van der Waals surface area contributed by atoms with Gasteiger partial charge in [0.15, 0.2) is 0 Å². The lowest BCUT2D eigenvalue weighted by atomic mass is 9.87. The second-order valence-corrected chi connectivity index (χ2v) is 9.20. The molecule has 2 aromatic rings. The van der Waals surface area contributed by atoms with Gasteiger partial charge in [0.1, 0.15) is 0 Å². The number of aromatic nitrogens is 1. The van der Waals surface area contributed by atoms with E-state index in [0.29, 0.717) is 19.6 Å². The van der Waals surface area contributed by atoms with Gasteiger partial charge in [-0.2, -0.15) is 0 Å². The van der Waals surface area contributed by atoms with Crippen molar-refractivity contribution < 1.29 is 9.53 Å². The number of carbonyl (C=O) groups excluding carboxylic acids is 1. The molecule has 1 atom stereocenters. The van der Waals surface area contributed by atoms with E-state index in [1.165, 1.54) is 10.4 Å². The highest BCUT2D eigenvalue weighted by atomic mass is 32.1. The Labute approximate surface area is 165 Å². The minimum absolute atomic E-state index is 0.101. The maximum atomic E-state index is 12.7. The van der Waals surface area contributed by atoms with Crippen molar-refractivity contribution >= 4 is 17.2 Å². The van der Waals surface area contributed by atoms with Crippen molar-refractivity contribution in [1.82, 2.24) is 14.8 Å². The van der Waals surface area contributed by atoms with Crippen LogP contribution in [0.15, 0.2) is 30.3 Å². The number of hydrogen-bond donors (Lipinski definition) is 0. The minimum atomic E-state index is -0.101. The Bertz CT molecular complexity index is 807. The van der Waals surface area contributed by atoms with Crippen molar-refractivity contribution in [2.45, 2.75) is 33.4 Å². The summed E-state index contributed by atoms with van der Waals surface area (Å²) >= 11 is 1.78. The van der Waals surface area contributed by atoms with Crippen LogP contribution in [0.5, 0.6) is 0 Å². The Morgan fingerprint density at radius 3 is 2.74 bits per heavy atom. The number of likely N-dealkylation sites (tertiary alicyclic amines) is 1. The van der Waals surface area contributed by atoms with E-state index in [2.05, 4.69) is 35.9 Å². The highest BCUT2D eigenvalue weighted by Gasteiger charge is 2.45. The number of carbonyl (C=O) groups is 1. The molecular formula is C21H27N3O2S. The van der Waals surface area contributed by atoms with Gasteiger partial charge in [-0.3, -0.25) is 9.69 Å². The lowest BCUT2D eigenvalue weighted by molar-refractivity contribution is -0.128. The van der Waals surface area contributed by atoms with Crippen LogP contribution < -0.4 is 0 Å². The van der Waals surface area contributed by atoms with Crippen LogP contribution in [0.1, 0.15) is 27.6 Å². The molecule has 1 amide bonds. The summed E-state index contributed by atoms with van der Waals surface area (Å²) in [7, 11) is 0. The third-order valence-corrected chi connectivity index (χ3v) is 6.56. The fourth-order valence-electron chi connectivity index (χ4n) is 4.27. The number of rotatable bonds is 4. The second-order valence-electron chi connectivity index (χ2n) is 7.92. The monoisotopic (exact) mass is 385 g/mol. The highest BCUT2D eigenvalue weighted by molar-refractivity contribution is 7.11. The zero-order valence-corrected chi connectivity index (χ0v) is 16.9. The van der Waals surface area contributed by atoms with Crippen molar-refractivity contribution in [3.8, 4) is 0 Å². The summed E-state index contributed by atoms with van der Waals surface area (Å²) in [6, 6.07) is 10.2. The number of ether oxygens (including phenoxy) is 1. The van der Waals surface area contributed by atoms with E-state index in [0.717, 1.165) is 43.5 Å². The molecule has 1 aromatic heterocycles. The van der Waals surface area contributed by atoms with Gasteiger partial charge in [0.25, 0.3) is 0 Å². The molecule has 2 saturated heterocycles. The highest BCUT2D eigenvalue weighted by Crippen LogP contribution is 2.36. The molecule has 0 bridgehead atoms. The second kappa shape index (κ2) is 7.70. The van der Waals surface area contributed by atoms with Crippen LogP contribution in [0.2, 0.25) is 0 Å². The van der Waals surface area contributed by atoms with Crippen LogP contribution in [0.25, 0.3) is 0 Å². The molecule has 2 aliphatic rings. The molecule has 4 rings (SSSR count). The number of thiazole rings is 1. The quantitative estimate of drug-likeness (QED) is 0.812. The number of hydrogen-bond acceptors (Lipinski definition) is 5. The van der Waals surface area contributed by atoms with Crippen LogP contribution >= 0.6 is 11.3 Å². The molecule has 3 heterocycles. The van der Waals surface area contributed by atoms with Gasteiger partial charge in [0.05, 0.1) is 23.9 Å². The largest absolute Gasteiger partial charge is 0.379 e. The first kappa shape index (κ1) is 18.6. The number of benzene rings is 1. The summed E-state index contributed by atoms with van der Waals surface area (Å²) in [4.78, 5) is 23.1. The first-order valence-corrected chi connectivity index (χ1v) is 10.4. The van der Waals surface area contributed by atoms with Crippen LogP contribution in [-0.4, -0.2) is 53.5 Å². The third kappa shape index (κ3) is 4.23. The summed E-state index contributed by atoms with van der Waals surface area (Å²) in [6.45, 7) is 9.72. The molecule has 27 heavy (non-hydrogen) atoms. The zero-order valence-electron chi connectivity index (χ0n) is 16.1. The van der Waals surface area contributed by atoms with Crippen molar-refractivity contribution in [2.75, 3.05) is 32.8 Å². The molecule has 6 heteroatoms. The van der Waals surface area contributed by atoms with Crippen molar-refractivity contribution in [3.63, 3.8) is 0 Å². The normalized spacial score (nSPS) is 23.9. The molecule has 1 spiro atoms. The molecule has 0 radical (unpaired) electrons. The van der Waals surface area contributed by atoms with Gasteiger partial charge >= 0.3 is 0 Å². The number of aryl methyl sites for hydroxylation is 2. The minimum Gasteiger partial charge on any atom is -0.379 e. The lowest BCUT2D eigenvalue weighted by Gasteiger charge is -2.31. The Morgan fingerprint density at radius 1 is 1.19 bits per heavy atom. The van der Waals surface area contributed by atoms with E-state index < -0.39 is 0 Å².